The maximum Gasteiger partial charge on any atom is 0.238 e. The molecule has 294 valence electrons. The molecule has 57 heavy (non-hydrogen) atoms. The van der Waals surface area contributed by atoms with Crippen molar-refractivity contribution in [3.05, 3.63) is 153 Å². The number of rotatable bonds is 10. The van der Waals surface area contributed by atoms with E-state index in [0.29, 0.717) is 22.4 Å². The fourth-order valence-corrected chi connectivity index (χ4v) is 7.49. The standard InChI is InChI=1S/C19H15BrClN3O3S.C19H14ClF2N3O3S/c20-16-4-2-1-3-12(16)9-19(25)24-14-6-7-15(17(10-14)28(22,26)27)13-5-8-18(21)23-11-13;20-18-6-2-12(10-24-18)14-4-3-13(9-17(14)29(23,27)28)25-19(26)8-11-1-5-15(21)16(22)7-11/h1-8,10-11H,9H2,(H,24,25)(H2,22,26,27);1-7,9-10H,8H2,(H,25,26)(H2,23,27,28). The lowest BCUT2D eigenvalue weighted by atomic mass is 10.1. The first-order valence-electron chi connectivity index (χ1n) is 16.2. The van der Waals surface area contributed by atoms with E-state index in [1.54, 1.807) is 30.3 Å². The Balaban J connectivity index is 0.000000218. The summed E-state index contributed by atoms with van der Waals surface area (Å²) in [6, 6.07) is 25.4. The van der Waals surface area contributed by atoms with E-state index in [0.717, 1.165) is 22.2 Å². The molecule has 19 heteroatoms. The molecule has 2 heterocycles. The van der Waals surface area contributed by atoms with E-state index in [1.165, 1.54) is 48.8 Å². The number of pyridine rings is 2. The van der Waals surface area contributed by atoms with Crippen LogP contribution in [0, 0.1) is 11.6 Å². The number of aromatic nitrogens is 2. The van der Waals surface area contributed by atoms with Crippen molar-refractivity contribution in [1.29, 1.82) is 0 Å². The van der Waals surface area contributed by atoms with Crippen LogP contribution in [0.1, 0.15) is 11.1 Å². The molecule has 0 fully saturated rings. The zero-order valence-electron chi connectivity index (χ0n) is 29.1. The van der Waals surface area contributed by atoms with Crippen LogP contribution in [0.2, 0.25) is 10.3 Å². The molecule has 4 aromatic carbocycles. The maximum atomic E-state index is 13.3. The van der Waals surface area contributed by atoms with Crippen LogP contribution in [-0.2, 0) is 42.5 Å². The van der Waals surface area contributed by atoms with Crippen molar-refractivity contribution in [1.82, 2.24) is 9.97 Å². The molecule has 0 spiro atoms. The van der Waals surface area contributed by atoms with Crippen molar-refractivity contribution in [3.8, 4) is 22.3 Å². The third-order valence-electron chi connectivity index (χ3n) is 7.88. The quantitative estimate of drug-likeness (QED) is 0.101. The SMILES string of the molecule is NS(=O)(=O)c1cc(NC(=O)Cc2ccc(F)c(F)c2)ccc1-c1ccc(Cl)nc1.NS(=O)(=O)c1cc(NC(=O)Cc2ccccc2Br)ccc1-c1ccc(Cl)nc1. The first-order valence-corrected chi connectivity index (χ1v) is 20.9. The molecule has 6 aromatic rings. The van der Waals surface area contributed by atoms with Gasteiger partial charge in [-0.2, -0.15) is 0 Å². The Morgan fingerprint density at radius 1 is 0.632 bits per heavy atom. The molecular formula is C38H29BrCl2F2N6O6S2. The number of carbonyl (C=O) groups excluding carboxylic acids is 2. The number of benzene rings is 4. The highest BCUT2D eigenvalue weighted by molar-refractivity contribution is 9.10. The van der Waals surface area contributed by atoms with Gasteiger partial charge in [0, 0.05) is 50.5 Å². The van der Waals surface area contributed by atoms with Crippen LogP contribution in [0.5, 0.6) is 0 Å². The summed E-state index contributed by atoms with van der Waals surface area (Å²) in [7, 11) is -8.16. The maximum absolute atomic E-state index is 13.3. The van der Waals surface area contributed by atoms with Crippen molar-refractivity contribution in [2.24, 2.45) is 10.3 Å². The van der Waals surface area contributed by atoms with Crippen LogP contribution >= 0.6 is 39.1 Å². The Kier molecular flexibility index (Phi) is 13.9. The summed E-state index contributed by atoms with van der Waals surface area (Å²) < 4.78 is 75.3. The van der Waals surface area contributed by atoms with Crippen LogP contribution < -0.4 is 20.9 Å². The van der Waals surface area contributed by atoms with Crippen molar-refractivity contribution >= 4 is 82.4 Å². The molecule has 0 saturated carbocycles. The minimum atomic E-state index is -4.12. The first kappa shape index (κ1) is 43.0. The van der Waals surface area contributed by atoms with Gasteiger partial charge < -0.3 is 10.6 Å². The highest BCUT2D eigenvalue weighted by Gasteiger charge is 2.19. The summed E-state index contributed by atoms with van der Waals surface area (Å²) in [6.45, 7) is 0. The highest BCUT2D eigenvalue weighted by atomic mass is 79.9. The van der Waals surface area contributed by atoms with Crippen molar-refractivity contribution in [2.45, 2.75) is 22.6 Å². The predicted molar refractivity (Wildman–Crippen MR) is 217 cm³/mol. The second-order valence-corrected chi connectivity index (χ2v) is 16.7. The summed E-state index contributed by atoms with van der Waals surface area (Å²) in [5.41, 5.74) is 3.25. The van der Waals surface area contributed by atoms with Crippen molar-refractivity contribution in [2.75, 3.05) is 10.6 Å². The minimum absolute atomic E-state index is 0.115. The summed E-state index contributed by atoms with van der Waals surface area (Å²) >= 11 is 14.9. The molecule has 0 aliphatic carbocycles. The van der Waals surface area contributed by atoms with E-state index in [1.807, 2.05) is 24.3 Å². The number of hydrogen-bond acceptors (Lipinski definition) is 8. The Bertz CT molecular complexity index is 2700. The summed E-state index contributed by atoms with van der Waals surface area (Å²) in [4.78, 5) is 32.1. The fourth-order valence-electron chi connectivity index (χ4n) is 5.28. The topological polar surface area (TPSA) is 204 Å². The predicted octanol–water partition coefficient (Wildman–Crippen LogP) is 7.50. The van der Waals surface area contributed by atoms with Gasteiger partial charge in [-0.3, -0.25) is 9.59 Å². The molecule has 2 amide bonds. The molecule has 0 saturated heterocycles. The normalized spacial score (nSPS) is 11.3. The number of halogens is 5. The molecule has 0 aliphatic heterocycles. The number of anilines is 2. The number of carbonyl (C=O) groups is 2. The summed E-state index contributed by atoms with van der Waals surface area (Å²) in [5.74, 6) is -2.91. The van der Waals surface area contributed by atoms with Gasteiger partial charge in [0.05, 0.1) is 22.6 Å². The van der Waals surface area contributed by atoms with Crippen LogP contribution in [0.3, 0.4) is 0 Å². The van der Waals surface area contributed by atoms with Gasteiger partial charge in [-0.1, -0.05) is 75.5 Å². The number of sulfonamides is 2. The number of primary sulfonamides is 2. The lowest BCUT2D eigenvalue weighted by Gasteiger charge is -2.12. The van der Waals surface area contributed by atoms with Crippen molar-refractivity contribution < 1.29 is 35.2 Å². The second-order valence-electron chi connectivity index (χ2n) is 12.0. The minimum Gasteiger partial charge on any atom is -0.326 e. The van der Waals surface area contributed by atoms with Gasteiger partial charge >= 0.3 is 0 Å². The molecular weight excluding hydrogens is 889 g/mol. The van der Waals surface area contributed by atoms with Gasteiger partial charge in [-0.25, -0.2) is 45.9 Å². The average molecular weight is 919 g/mol. The van der Waals surface area contributed by atoms with Crippen LogP contribution in [0.4, 0.5) is 20.2 Å². The molecule has 6 N–H and O–H groups in total. The van der Waals surface area contributed by atoms with E-state index < -0.39 is 37.6 Å². The average Bonchev–Trinajstić information content (AvgIpc) is 3.14. The lowest BCUT2D eigenvalue weighted by Crippen LogP contribution is -2.17. The number of nitrogens with one attached hydrogen (secondary N) is 2. The molecule has 2 aromatic heterocycles. The van der Waals surface area contributed by atoms with Gasteiger partial charge in [0.1, 0.15) is 10.3 Å². The van der Waals surface area contributed by atoms with Gasteiger partial charge in [0.15, 0.2) is 11.6 Å². The Labute approximate surface area is 344 Å². The number of nitrogens with two attached hydrogens (primary N) is 2. The molecule has 6 rings (SSSR count). The smallest absolute Gasteiger partial charge is 0.238 e. The van der Waals surface area contributed by atoms with Gasteiger partial charge in [0.25, 0.3) is 0 Å². The van der Waals surface area contributed by atoms with E-state index in [9.17, 15) is 35.2 Å². The van der Waals surface area contributed by atoms with E-state index >= 15 is 0 Å². The Morgan fingerprint density at radius 2 is 1.12 bits per heavy atom. The molecule has 12 nitrogen and oxygen atoms in total. The zero-order chi connectivity index (χ0) is 41.5. The third-order valence-corrected chi connectivity index (χ3v) is 11.0. The van der Waals surface area contributed by atoms with Crippen LogP contribution in [0.15, 0.2) is 130 Å². The summed E-state index contributed by atoms with van der Waals surface area (Å²) in [5, 5.41) is 16.4. The fraction of sp³-hybridized carbons (Fsp3) is 0.0526. The number of nitrogens with zero attached hydrogens (tertiary/aromatic N) is 2. The third kappa shape index (κ3) is 11.9. The monoisotopic (exact) mass is 916 g/mol. The van der Waals surface area contributed by atoms with Gasteiger partial charge in [-0.15, -0.1) is 0 Å². The Morgan fingerprint density at radius 3 is 1.56 bits per heavy atom. The number of hydrogen-bond donors (Lipinski definition) is 4. The van der Waals surface area contributed by atoms with Crippen molar-refractivity contribution in [3.63, 3.8) is 0 Å². The van der Waals surface area contributed by atoms with Crippen LogP contribution in [0.25, 0.3) is 22.3 Å². The molecule has 0 atom stereocenters. The molecule has 0 bridgehead atoms. The summed E-state index contributed by atoms with van der Waals surface area (Å²) in [6.07, 6.45) is 2.75. The zero-order valence-corrected chi connectivity index (χ0v) is 33.8. The first-order chi connectivity index (χ1) is 26.9. The van der Waals surface area contributed by atoms with E-state index in [-0.39, 0.29) is 55.7 Å². The van der Waals surface area contributed by atoms with E-state index in [2.05, 4.69) is 36.5 Å². The number of amides is 2. The largest absolute Gasteiger partial charge is 0.326 e. The van der Waals surface area contributed by atoms with Gasteiger partial charge in [-0.05, 0) is 77.9 Å². The lowest BCUT2D eigenvalue weighted by molar-refractivity contribution is -0.116. The van der Waals surface area contributed by atoms with Gasteiger partial charge in [0.2, 0.25) is 31.9 Å². The second kappa shape index (κ2) is 18.4. The molecule has 0 radical (unpaired) electrons. The Hall–Kier alpha value is -5.14. The molecule has 0 unspecified atom stereocenters. The highest BCUT2D eigenvalue weighted by Crippen LogP contribution is 2.31. The van der Waals surface area contributed by atoms with Crippen LogP contribution in [-0.4, -0.2) is 38.6 Å². The molecule has 0 aliphatic rings. The van der Waals surface area contributed by atoms with E-state index in [4.69, 9.17) is 33.5 Å².